The molecule has 1 saturated heterocycles. The van der Waals surface area contributed by atoms with Gasteiger partial charge in [0, 0.05) is 29.1 Å². The second-order valence-corrected chi connectivity index (χ2v) is 16.9. The van der Waals surface area contributed by atoms with Gasteiger partial charge in [0.15, 0.2) is 5.13 Å². The van der Waals surface area contributed by atoms with E-state index in [9.17, 15) is 14.3 Å². The number of benzene rings is 4. The van der Waals surface area contributed by atoms with Crippen LogP contribution in [0.4, 0.5) is 31.4 Å². The Labute approximate surface area is 302 Å². The first-order chi connectivity index (χ1) is 23.9. The molecule has 4 aromatic carbocycles. The Morgan fingerprint density at radius 2 is 1.70 bits per heavy atom. The summed E-state index contributed by atoms with van der Waals surface area (Å²) in [4.78, 5) is 27.6. The summed E-state index contributed by atoms with van der Waals surface area (Å²) in [5, 5.41) is 19.4. The monoisotopic (exact) mass is 726 g/mol. The summed E-state index contributed by atoms with van der Waals surface area (Å²) >= 11 is 9.17. The number of aromatic hydroxyl groups is 1. The van der Waals surface area contributed by atoms with E-state index in [0.717, 1.165) is 70.2 Å². The Morgan fingerprint density at radius 3 is 2.50 bits per heavy atom. The molecule has 2 amide bonds. The van der Waals surface area contributed by atoms with Gasteiger partial charge in [-0.05, 0) is 97.6 Å². The summed E-state index contributed by atoms with van der Waals surface area (Å²) in [7, 11) is 0. The number of hydrogen-bond acceptors (Lipinski definition) is 8. The van der Waals surface area contributed by atoms with Crippen LogP contribution in [0.25, 0.3) is 31.0 Å². The lowest BCUT2D eigenvalue weighted by Gasteiger charge is -2.42. The number of carbonyl (C=O) groups excluding carboxylic acids is 1. The molecule has 3 N–H and O–H groups in total. The number of thiazole rings is 2. The van der Waals surface area contributed by atoms with Crippen LogP contribution in [0.2, 0.25) is 5.02 Å². The van der Waals surface area contributed by atoms with E-state index in [-0.39, 0.29) is 22.4 Å². The first-order valence-corrected chi connectivity index (χ1v) is 18.6. The SMILES string of the molecule is CC(C)(C)CN1CCC2(CC1)CN(c1ccccc1NC(=O)Nc1nc3ccc(F)cc3s1)c1c(O)ccc(-c3nc4ccc(Cl)cc4s3)c12. The number of halogens is 2. The Bertz CT molecular complexity index is 2270. The number of piperidine rings is 1. The molecule has 1 spiro atoms. The van der Waals surface area contributed by atoms with Gasteiger partial charge in [-0.25, -0.2) is 19.2 Å². The van der Waals surface area contributed by atoms with Crippen LogP contribution in [0.3, 0.4) is 0 Å². The molecule has 0 aliphatic carbocycles. The lowest BCUT2D eigenvalue weighted by atomic mass is 9.72. The number of rotatable bonds is 5. The second-order valence-electron chi connectivity index (χ2n) is 14.4. The molecule has 0 atom stereocenters. The van der Waals surface area contributed by atoms with E-state index in [0.29, 0.717) is 32.6 Å². The van der Waals surface area contributed by atoms with Gasteiger partial charge in [0.05, 0.1) is 37.5 Å². The number of anilines is 4. The van der Waals surface area contributed by atoms with Crippen molar-refractivity contribution in [1.82, 2.24) is 14.9 Å². The summed E-state index contributed by atoms with van der Waals surface area (Å²) < 4.78 is 15.4. The number of fused-ring (bicyclic) bond motifs is 4. The Balaban J connectivity index is 1.18. The minimum Gasteiger partial charge on any atom is -0.506 e. The van der Waals surface area contributed by atoms with Gasteiger partial charge in [-0.1, -0.05) is 55.8 Å². The molecular weight excluding hydrogens is 691 g/mol. The van der Waals surface area contributed by atoms with Gasteiger partial charge in [-0.15, -0.1) is 11.3 Å². The van der Waals surface area contributed by atoms with Crippen molar-refractivity contribution in [1.29, 1.82) is 0 Å². The van der Waals surface area contributed by atoms with Gasteiger partial charge < -0.3 is 20.2 Å². The molecule has 2 aliphatic rings. The van der Waals surface area contributed by atoms with Gasteiger partial charge in [-0.3, -0.25) is 5.32 Å². The summed E-state index contributed by atoms with van der Waals surface area (Å²) in [6.07, 6.45) is 1.82. The number of nitrogens with zero attached hydrogens (tertiary/aromatic N) is 4. The Hall–Kier alpha value is -4.29. The van der Waals surface area contributed by atoms with Crippen molar-refractivity contribution in [2.75, 3.05) is 41.7 Å². The summed E-state index contributed by atoms with van der Waals surface area (Å²) in [6.45, 7) is 10.3. The normalized spacial score (nSPS) is 16.0. The maximum Gasteiger partial charge on any atom is 0.325 e. The molecule has 0 saturated carbocycles. The van der Waals surface area contributed by atoms with Crippen LogP contribution in [-0.2, 0) is 5.41 Å². The summed E-state index contributed by atoms with van der Waals surface area (Å²) in [6, 6.07) is 21.1. The predicted molar refractivity (Wildman–Crippen MR) is 204 cm³/mol. The lowest BCUT2D eigenvalue weighted by Crippen LogP contribution is -2.47. The van der Waals surface area contributed by atoms with Crippen molar-refractivity contribution in [3.05, 3.63) is 89.2 Å². The van der Waals surface area contributed by atoms with Crippen LogP contribution < -0.4 is 15.5 Å². The first kappa shape index (κ1) is 32.9. The highest BCUT2D eigenvalue weighted by molar-refractivity contribution is 7.22. The van der Waals surface area contributed by atoms with Crippen molar-refractivity contribution in [3.8, 4) is 16.3 Å². The predicted octanol–water partition coefficient (Wildman–Crippen LogP) is 10.2. The number of phenols is 1. The van der Waals surface area contributed by atoms with E-state index in [4.69, 9.17) is 16.6 Å². The van der Waals surface area contributed by atoms with E-state index in [1.54, 1.807) is 23.5 Å². The minimum absolute atomic E-state index is 0.183. The molecule has 2 aliphatic heterocycles. The highest BCUT2D eigenvalue weighted by Crippen LogP contribution is 2.57. The average molecular weight is 727 g/mol. The zero-order valence-corrected chi connectivity index (χ0v) is 30.3. The standard InChI is InChI=1S/C38H36ClFN6O2S2/c1-37(2,3)20-45-16-14-38(15-17-45)21-46(33-29(47)13-10-24(32(33)38)34-41-26-11-8-22(39)18-30(26)49-34)28-7-5-4-6-25(28)42-35(48)44-36-43-27-12-9-23(40)19-31(27)50-36/h4-13,18-19,47H,14-17,20-21H2,1-3H3,(H2,42,43,44,48). The first-order valence-electron chi connectivity index (χ1n) is 16.6. The molecule has 0 unspecified atom stereocenters. The van der Waals surface area contributed by atoms with Crippen molar-refractivity contribution in [2.24, 2.45) is 5.41 Å². The quantitative estimate of drug-likeness (QED) is 0.164. The van der Waals surface area contributed by atoms with E-state index in [1.807, 2.05) is 48.5 Å². The maximum atomic E-state index is 13.8. The molecule has 4 heterocycles. The minimum atomic E-state index is -0.465. The van der Waals surface area contributed by atoms with E-state index in [2.05, 4.69) is 46.2 Å². The molecule has 2 aromatic heterocycles. The number of likely N-dealkylation sites (tertiary alicyclic amines) is 1. The van der Waals surface area contributed by atoms with E-state index < -0.39 is 6.03 Å². The third kappa shape index (κ3) is 6.17. The molecule has 256 valence electrons. The number of urea groups is 1. The molecule has 0 bridgehead atoms. The summed E-state index contributed by atoms with van der Waals surface area (Å²) in [5.74, 6) is -0.170. The highest BCUT2D eigenvalue weighted by Gasteiger charge is 2.49. The third-order valence-corrected chi connectivity index (χ3v) is 11.7. The fourth-order valence-electron chi connectivity index (χ4n) is 7.48. The van der Waals surface area contributed by atoms with Crippen LogP contribution in [0.15, 0.2) is 72.8 Å². The van der Waals surface area contributed by atoms with Crippen molar-refractivity contribution >= 4 is 82.9 Å². The molecule has 6 aromatic rings. The highest BCUT2D eigenvalue weighted by atomic mass is 35.5. The molecule has 8 rings (SSSR count). The molecular formula is C38H36ClFN6O2S2. The van der Waals surface area contributed by atoms with Gasteiger partial charge in [-0.2, -0.15) is 0 Å². The van der Waals surface area contributed by atoms with E-state index >= 15 is 0 Å². The van der Waals surface area contributed by atoms with Crippen LogP contribution in [0, 0.1) is 11.2 Å². The molecule has 0 radical (unpaired) electrons. The van der Waals surface area contributed by atoms with E-state index in [1.165, 1.54) is 23.5 Å². The topological polar surface area (TPSA) is 93.6 Å². The average Bonchev–Trinajstić information content (AvgIpc) is 3.76. The van der Waals surface area contributed by atoms with Crippen molar-refractivity contribution < 1.29 is 14.3 Å². The van der Waals surface area contributed by atoms with Gasteiger partial charge >= 0.3 is 6.03 Å². The smallest absolute Gasteiger partial charge is 0.325 e. The number of para-hydroxylation sites is 2. The van der Waals surface area contributed by atoms with Crippen LogP contribution in [0.5, 0.6) is 5.75 Å². The maximum absolute atomic E-state index is 13.8. The zero-order chi connectivity index (χ0) is 34.8. The molecule has 12 heteroatoms. The number of amides is 2. The zero-order valence-electron chi connectivity index (χ0n) is 27.9. The second kappa shape index (κ2) is 12.5. The number of nitrogens with one attached hydrogen (secondary N) is 2. The number of aromatic nitrogens is 2. The number of hydrogen-bond donors (Lipinski definition) is 3. The van der Waals surface area contributed by atoms with Gasteiger partial charge in [0.2, 0.25) is 0 Å². The number of carbonyl (C=O) groups is 1. The van der Waals surface area contributed by atoms with Gasteiger partial charge in [0.25, 0.3) is 0 Å². The fraction of sp³-hybridized carbons (Fsp3) is 0.289. The number of phenolic OH excluding ortho intramolecular Hbond substituents is 1. The summed E-state index contributed by atoms with van der Waals surface area (Å²) in [5.41, 5.74) is 5.63. The lowest BCUT2D eigenvalue weighted by molar-refractivity contribution is 0.125. The largest absolute Gasteiger partial charge is 0.506 e. The van der Waals surface area contributed by atoms with Crippen LogP contribution in [0.1, 0.15) is 39.2 Å². The third-order valence-electron chi connectivity index (χ3n) is 9.52. The van der Waals surface area contributed by atoms with Crippen molar-refractivity contribution in [2.45, 2.75) is 39.0 Å². The molecule has 50 heavy (non-hydrogen) atoms. The fourth-order valence-corrected chi connectivity index (χ4v) is 9.64. The molecule has 1 fully saturated rings. The van der Waals surface area contributed by atoms with Crippen LogP contribution in [-0.4, -0.2) is 52.2 Å². The van der Waals surface area contributed by atoms with Crippen LogP contribution >= 0.6 is 34.3 Å². The van der Waals surface area contributed by atoms with Crippen molar-refractivity contribution in [3.63, 3.8) is 0 Å². The Morgan fingerprint density at radius 1 is 0.960 bits per heavy atom. The molecule has 8 nitrogen and oxygen atoms in total. The van der Waals surface area contributed by atoms with Gasteiger partial charge in [0.1, 0.15) is 16.6 Å². The Kier molecular flexibility index (Phi) is 8.21.